The average Bonchev–Trinajstić information content (AvgIpc) is 2.78. The number of nitrogens with zero attached hydrogens (tertiary/aromatic N) is 1. The Bertz CT molecular complexity index is 647. The number of carboxylic acids is 1. The molecule has 1 aliphatic heterocycles. The molecule has 0 unspecified atom stereocenters. The molecule has 3 N–H and O–H groups in total. The van der Waals surface area contributed by atoms with Crippen molar-refractivity contribution in [2.75, 3.05) is 13.1 Å². The molecule has 0 amide bonds. The molecule has 0 aliphatic carbocycles. The van der Waals surface area contributed by atoms with Crippen LogP contribution in [0.15, 0.2) is 23.1 Å². The van der Waals surface area contributed by atoms with Crippen LogP contribution < -0.4 is 0 Å². The summed E-state index contributed by atoms with van der Waals surface area (Å²) in [5, 5.41) is 28.1. The Morgan fingerprint density at radius 1 is 1.29 bits per heavy atom. The molecule has 1 aliphatic rings. The van der Waals surface area contributed by atoms with Crippen LogP contribution in [0.3, 0.4) is 0 Å². The van der Waals surface area contributed by atoms with Gasteiger partial charge in [0.1, 0.15) is 0 Å². The third-order valence-electron chi connectivity index (χ3n) is 3.56. The largest absolute Gasteiger partial charge is 0.478 e. The van der Waals surface area contributed by atoms with Gasteiger partial charge in [-0.2, -0.15) is 4.31 Å². The van der Waals surface area contributed by atoms with Crippen molar-refractivity contribution in [2.45, 2.75) is 30.4 Å². The minimum atomic E-state index is -3.94. The molecule has 2 rings (SSSR count). The highest BCUT2D eigenvalue weighted by Crippen LogP contribution is 2.24. The number of aromatic carboxylic acids is 1. The van der Waals surface area contributed by atoms with E-state index >= 15 is 0 Å². The van der Waals surface area contributed by atoms with E-state index in [0.717, 1.165) is 10.4 Å². The van der Waals surface area contributed by atoms with Crippen molar-refractivity contribution in [1.82, 2.24) is 4.31 Å². The lowest BCUT2D eigenvalue weighted by Gasteiger charge is -2.16. The number of aliphatic hydroxyl groups is 2. The zero-order chi connectivity index (χ0) is 15.8. The number of sulfonamides is 1. The summed E-state index contributed by atoms with van der Waals surface area (Å²) in [4.78, 5) is 11.0. The Balaban J connectivity index is 2.42. The fraction of sp³-hybridized carbons (Fsp3) is 0.462. The van der Waals surface area contributed by atoms with E-state index in [9.17, 15) is 23.4 Å². The van der Waals surface area contributed by atoms with E-state index in [4.69, 9.17) is 5.11 Å². The van der Waals surface area contributed by atoms with Gasteiger partial charge in [0.05, 0.1) is 22.7 Å². The number of rotatable bonds is 4. The number of aryl methyl sites for hydroxylation is 1. The number of hydrogen-bond donors (Lipinski definition) is 3. The minimum Gasteiger partial charge on any atom is -0.478 e. The monoisotopic (exact) mass is 315 g/mol. The molecule has 1 aromatic rings. The van der Waals surface area contributed by atoms with Crippen molar-refractivity contribution >= 4 is 16.0 Å². The predicted molar refractivity (Wildman–Crippen MR) is 73.6 cm³/mol. The smallest absolute Gasteiger partial charge is 0.336 e. The lowest BCUT2D eigenvalue weighted by atomic mass is 10.1. The van der Waals surface area contributed by atoms with Crippen molar-refractivity contribution in [3.05, 3.63) is 29.3 Å². The third kappa shape index (κ3) is 2.93. The van der Waals surface area contributed by atoms with Gasteiger partial charge < -0.3 is 15.3 Å². The van der Waals surface area contributed by atoms with Gasteiger partial charge in [0.25, 0.3) is 0 Å². The molecule has 8 heteroatoms. The molecule has 7 nitrogen and oxygen atoms in total. The average molecular weight is 315 g/mol. The van der Waals surface area contributed by atoms with Gasteiger partial charge in [-0.25, -0.2) is 13.2 Å². The molecule has 1 aromatic carbocycles. The van der Waals surface area contributed by atoms with Crippen molar-refractivity contribution in [2.24, 2.45) is 0 Å². The van der Waals surface area contributed by atoms with Gasteiger partial charge in [-0.05, 0) is 24.1 Å². The van der Waals surface area contributed by atoms with Crippen LogP contribution in [0.4, 0.5) is 0 Å². The van der Waals surface area contributed by atoms with E-state index in [2.05, 4.69) is 0 Å². The maximum atomic E-state index is 12.4. The molecule has 0 saturated carbocycles. The Hall–Kier alpha value is -1.48. The van der Waals surface area contributed by atoms with Gasteiger partial charge in [-0.15, -0.1) is 0 Å². The van der Waals surface area contributed by atoms with Crippen LogP contribution in [0.2, 0.25) is 0 Å². The number of hydrogen-bond acceptors (Lipinski definition) is 5. The van der Waals surface area contributed by atoms with Crippen LogP contribution in [-0.2, 0) is 16.4 Å². The molecule has 21 heavy (non-hydrogen) atoms. The van der Waals surface area contributed by atoms with Gasteiger partial charge in [-0.3, -0.25) is 0 Å². The van der Waals surface area contributed by atoms with Crippen LogP contribution in [0.25, 0.3) is 0 Å². The highest BCUT2D eigenvalue weighted by atomic mass is 32.2. The summed E-state index contributed by atoms with van der Waals surface area (Å²) in [5.74, 6) is -1.19. The van der Waals surface area contributed by atoms with Gasteiger partial charge >= 0.3 is 5.97 Å². The van der Waals surface area contributed by atoms with E-state index in [1.165, 1.54) is 12.1 Å². The van der Waals surface area contributed by atoms with E-state index in [1.54, 1.807) is 6.92 Å². The summed E-state index contributed by atoms with van der Waals surface area (Å²) < 4.78 is 25.8. The van der Waals surface area contributed by atoms with E-state index < -0.39 is 28.2 Å². The molecule has 0 radical (unpaired) electrons. The van der Waals surface area contributed by atoms with E-state index in [1.807, 2.05) is 0 Å². The normalized spacial score (nSPS) is 23.4. The number of carbonyl (C=O) groups is 1. The minimum absolute atomic E-state index is 0.0566. The zero-order valence-corrected chi connectivity index (χ0v) is 12.2. The highest BCUT2D eigenvalue weighted by molar-refractivity contribution is 7.89. The van der Waals surface area contributed by atoms with Crippen molar-refractivity contribution < 1.29 is 28.5 Å². The van der Waals surface area contributed by atoms with Crippen molar-refractivity contribution in [3.63, 3.8) is 0 Å². The summed E-state index contributed by atoms with van der Waals surface area (Å²) in [5.41, 5.74) is 0.488. The summed E-state index contributed by atoms with van der Waals surface area (Å²) in [7, 11) is -3.94. The molecule has 1 saturated heterocycles. The first-order chi connectivity index (χ1) is 9.77. The van der Waals surface area contributed by atoms with Crippen LogP contribution in [0.1, 0.15) is 22.8 Å². The second-order valence-electron chi connectivity index (χ2n) is 4.93. The molecule has 1 fully saturated rings. The topological polar surface area (TPSA) is 115 Å². The summed E-state index contributed by atoms with van der Waals surface area (Å²) >= 11 is 0. The predicted octanol–water partition coefficient (Wildman–Crippen LogP) is -0.327. The number of benzene rings is 1. The van der Waals surface area contributed by atoms with Gasteiger partial charge in [-0.1, -0.05) is 13.0 Å². The Kier molecular flexibility index (Phi) is 4.33. The second-order valence-corrected chi connectivity index (χ2v) is 6.87. The Morgan fingerprint density at radius 3 is 2.33 bits per heavy atom. The Labute approximate surface area is 122 Å². The fourth-order valence-electron chi connectivity index (χ4n) is 2.30. The fourth-order valence-corrected chi connectivity index (χ4v) is 3.81. The zero-order valence-electron chi connectivity index (χ0n) is 11.4. The number of aliphatic hydroxyl groups excluding tert-OH is 2. The standard InChI is InChI=1S/C13H17NO6S/c1-2-8-3-4-9(5-10(8)13(17)18)21(19,20)14-6-11(15)12(16)7-14/h3-5,11-12,15-16H,2,6-7H2,1H3,(H,17,18)/t11-,12+. The van der Waals surface area contributed by atoms with Gasteiger partial charge in [0, 0.05) is 13.1 Å². The Morgan fingerprint density at radius 2 is 1.86 bits per heavy atom. The lowest BCUT2D eigenvalue weighted by Crippen LogP contribution is -2.30. The number of β-amino-alcohol motifs (C(OH)–C–C–N with tert-alkyl or cyclic N) is 2. The first-order valence-corrected chi connectivity index (χ1v) is 7.94. The molecule has 1 heterocycles. The van der Waals surface area contributed by atoms with Crippen LogP contribution in [-0.4, -0.2) is 59.3 Å². The van der Waals surface area contributed by atoms with Gasteiger partial charge in [0.15, 0.2) is 0 Å². The quantitative estimate of drug-likeness (QED) is 0.701. The maximum absolute atomic E-state index is 12.4. The van der Waals surface area contributed by atoms with Crippen LogP contribution in [0, 0.1) is 0 Å². The maximum Gasteiger partial charge on any atom is 0.336 e. The second kappa shape index (κ2) is 5.72. The molecule has 2 atom stereocenters. The first kappa shape index (κ1) is 15.9. The van der Waals surface area contributed by atoms with Crippen LogP contribution in [0.5, 0.6) is 0 Å². The van der Waals surface area contributed by atoms with E-state index in [-0.39, 0.29) is 23.5 Å². The van der Waals surface area contributed by atoms with Crippen molar-refractivity contribution in [3.8, 4) is 0 Å². The van der Waals surface area contributed by atoms with Gasteiger partial charge in [0.2, 0.25) is 10.0 Å². The lowest BCUT2D eigenvalue weighted by molar-refractivity contribution is 0.0572. The molecular weight excluding hydrogens is 298 g/mol. The summed E-state index contributed by atoms with van der Waals surface area (Å²) in [6.45, 7) is 1.37. The molecule has 0 bridgehead atoms. The number of carboxylic acid groups (broad SMARTS) is 1. The molecular formula is C13H17NO6S. The van der Waals surface area contributed by atoms with Crippen molar-refractivity contribution in [1.29, 1.82) is 0 Å². The third-order valence-corrected chi connectivity index (χ3v) is 5.38. The summed E-state index contributed by atoms with van der Waals surface area (Å²) in [6, 6.07) is 3.94. The molecule has 0 spiro atoms. The van der Waals surface area contributed by atoms with E-state index in [0.29, 0.717) is 12.0 Å². The SMILES string of the molecule is CCc1ccc(S(=O)(=O)N2C[C@@H](O)[C@@H](O)C2)cc1C(=O)O. The first-order valence-electron chi connectivity index (χ1n) is 6.50. The molecule has 0 aromatic heterocycles. The molecule has 116 valence electrons. The van der Waals surface area contributed by atoms with Crippen LogP contribution >= 0.6 is 0 Å². The highest BCUT2D eigenvalue weighted by Gasteiger charge is 2.37. The summed E-state index contributed by atoms with van der Waals surface area (Å²) in [6.07, 6.45) is -1.79.